The second-order valence-corrected chi connectivity index (χ2v) is 3.14. The van der Waals surface area contributed by atoms with Gasteiger partial charge in [0.1, 0.15) is 0 Å². The number of aliphatic imine (C=N–C) groups is 1. The van der Waals surface area contributed by atoms with Crippen LogP contribution in [0.1, 0.15) is 11.1 Å². The summed E-state index contributed by atoms with van der Waals surface area (Å²) in [5.74, 6) is -0.681. The van der Waals surface area contributed by atoms with Crippen LogP contribution < -0.4 is 0 Å². The Kier molecular flexibility index (Phi) is 3.12. The van der Waals surface area contributed by atoms with Gasteiger partial charge in [0.05, 0.1) is 11.6 Å². The van der Waals surface area contributed by atoms with Crippen molar-refractivity contribution in [1.82, 2.24) is 0 Å². The average molecular weight is 214 g/mol. The first-order valence-electron chi connectivity index (χ1n) is 3.81. The quantitative estimate of drug-likeness (QED) is 0.448. The Hall–Kier alpha value is -1.51. The van der Waals surface area contributed by atoms with Crippen LogP contribution in [-0.4, -0.2) is 16.3 Å². The van der Waals surface area contributed by atoms with E-state index in [9.17, 15) is 15.0 Å². The van der Waals surface area contributed by atoms with Gasteiger partial charge in [-0.25, -0.2) is 9.79 Å². The molecule has 0 spiro atoms. The van der Waals surface area contributed by atoms with Crippen molar-refractivity contribution in [3.05, 3.63) is 22.2 Å². The minimum Gasteiger partial charge on any atom is -0.504 e. The fourth-order valence-corrected chi connectivity index (χ4v) is 1.40. The van der Waals surface area contributed by atoms with E-state index in [4.69, 9.17) is 11.6 Å². The lowest BCUT2D eigenvalue weighted by Gasteiger charge is -2.08. The predicted octanol–water partition coefficient (Wildman–Crippen LogP) is 1.90. The molecule has 74 valence electrons. The molecule has 2 N–H and O–H groups in total. The number of phenolic OH excluding ortho intramolecular Hbond substituents is 2. The molecule has 14 heavy (non-hydrogen) atoms. The van der Waals surface area contributed by atoms with E-state index in [1.54, 1.807) is 6.92 Å². The standard InChI is InChI=1S/C9H8ClNO3/c1-5-2-7(13)9(14)8(10)6(5)3-11-4-12/h2,13-14H,3H2,1H3. The molecule has 0 unspecified atom stereocenters. The van der Waals surface area contributed by atoms with Gasteiger partial charge in [0.2, 0.25) is 6.08 Å². The number of aryl methyl sites for hydroxylation is 1. The number of carbonyl (C=O) groups excluding carboxylic acids is 1. The highest BCUT2D eigenvalue weighted by Crippen LogP contribution is 2.37. The number of hydrogen-bond acceptors (Lipinski definition) is 4. The maximum absolute atomic E-state index is 9.91. The molecule has 0 aliphatic heterocycles. The molecule has 0 aromatic heterocycles. The van der Waals surface area contributed by atoms with Crippen molar-refractivity contribution < 1.29 is 15.0 Å². The molecule has 1 aromatic carbocycles. The SMILES string of the molecule is Cc1cc(O)c(O)c(Cl)c1CN=C=O. The largest absolute Gasteiger partial charge is 0.504 e. The van der Waals surface area contributed by atoms with E-state index in [-0.39, 0.29) is 17.3 Å². The van der Waals surface area contributed by atoms with Crippen molar-refractivity contribution >= 4 is 17.7 Å². The molecule has 0 atom stereocenters. The summed E-state index contributed by atoms with van der Waals surface area (Å²) in [6.07, 6.45) is 1.38. The Labute approximate surface area is 85.5 Å². The summed E-state index contributed by atoms with van der Waals surface area (Å²) >= 11 is 5.74. The zero-order chi connectivity index (χ0) is 10.7. The highest BCUT2D eigenvalue weighted by atomic mass is 35.5. The number of benzene rings is 1. The Morgan fingerprint density at radius 1 is 1.57 bits per heavy atom. The number of isocyanates is 1. The maximum atomic E-state index is 9.91. The number of halogens is 1. The van der Waals surface area contributed by atoms with Crippen LogP contribution in [0.3, 0.4) is 0 Å². The Bertz CT molecular complexity index is 411. The van der Waals surface area contributed by atoms with Crippen LogP contribution >= 0.6 is 11.6 Å². The van der Waals surface area contributed by atoms with E-state index in [2.05, 4.69) is 4.99 Å². The second kappa shape index (κ2) is 4.13. The average Bonchev–Trinajstić information content (AvgIpc) is 2.14. The number of rotatable bonds is 2. The Morgan fingerprint density at radius 2 is 2.21 bits per heavy atom. The van der Waals surface area contributed by atoms with Crippen LogP contribution in [0.2, 0.25) is 5.02 Å². The zero-order valence-electron chi connectivity index (χ0n) is 7.41. The topological polar surface area (TPSA) is 69.9 Å². The van der Waals surface area contributed by atoms with Gasteiger partial charge in [-0.15, -0.1) is 0 Å². The van der Waals surface area contributed by atoms with Gasteiger partial charge in [-0.1, -0.05) is 11.6 Å². The molecule has 4 nitrogen and oxygen atoms in total. The molecule has 5 heteroatoms. The van der Waals surface area contributed by atoms with Crippen LogP contribution in [0.5, 0.6) is 11.5 Å². The van der Waals surface area contributed by atoms with Gasteiger partial charge in [-0.05, 0) is 24.1 Å². The Morgan fingerprint density at radius 3 is 2.79 bits per heavy atom. The number of hydrogen-bond donors (Lipinski definition) is 2. The first-order valence-corrected chi connectivity index (χ1v) is 4.19. The highest BCUT2D eigenvalue weighted by molar-refractivity contribution is 6.33. The van der Waals surface area contributed by atoms with Crippen molar-refractivity contribution in [2.24, 2.45) is 4.99 Å². The summed E-state index contributed by atoms with van der Waals surface area (Å²) in [5, 5.41) is 18.5. The molecule has 0 heterocycles. The van der Waals surface area contributed by atoms with Crippen LogP contribution in [0.25, 0.3) is 0 Å². The third-order valence-corrected chi connectivity index (χ3v) is 2.25. The summed E-state index contributed by atoms with van der Waals surface area (Å²) in [6, 6.07) is 1.36. The summed E-state index contributed by atoms with van der Waals surface area (Å²) in [7, 11) is 0. The van der Waals surface area contributed by atoms with Gasteiger partial charge in [0.25, 0.3) is 0 Å². The lowest BCUT2D eigenvalue weighted by molar-refractivity contribution is 0.403. The molecule has 1 aromatic rings. The van der Waals surface area contributed by atoms with E-state index in [1.807, 2.05) is 0 Å². The van der Waals surface area contributed by atoms with Crippen molar-refractivity contribution in [2.75, 3.05) is 0 Å². The molecule has 0 saturated heterocycles. The smallest absolute Gasteiger partial charge is 0.235 e. The van der Waals surface area contributed by atoms with E-state index in [0.717, 1.165) is 0 Å². The summed E-state index contributed by atoms with van der Waals surface area (Å²) in [5.41, 5.74) is 1.16. The minimum absolute atomic E-state index is 0.0153. The van der Waals surface area contributed by atoms with Gasteiger partial charge in [-0.3, -0.25) is 0 Å². The first kappa shape index (κ1) is 10.6. The molecule has 0 amide bonds. The van der Waals surface area contributed by atoms with Crippen LogP contribution in [0, 0.1) is 6.92 Å². The second-order valence-electron chi connectivity index (χ2n) is 2.76. The molecule has 0 fully saturated rings. The van der Waals surface area contributed by atoms with Gasteiger partial charge in [0, 0.05) is 0 Å². The van der Waals surface area contributed by atoms with Gasteiger partial charge >= 0.3 is 0 Å². The number of nitrogens with zero attached hydrogens (tertiary/aromatic N) is 1. The van der Waals surface area contributed by atoms with Gasteiger partial charge < -0.3 is 10.2 Å². The summed E-state index contributed by atoms with van der Waals surface area (Å²) in [4.78, 5) is 13.3. The molecule has 0 saturated carbocycles. The van der Waals surface area contributed by atoms with Crippen molar-refractivity contribution in [1.29, 1.82) is 0 Å². The molecule has 0 bridgehead atoms. The number of aromatic hydroxyl groups is 2. The van der Waals surface area contributed by atoms with Crippen LogP contribution in [0.15, 0.2) is 11.1 Å². The Balaban J connectivity index is 3.28. The van der Waals surface area contributed by atoms with Gasteiger partial charge in [-0.2, -0.15) is 0 Å². The summed E-state index contributed by atoms with van der Waals surface area (Å²) < 4.78 is 0. The monoisotopic (exact) mass is 213 g/mol. The lowest BCUT2D eigenvalue weighted by atomic mass is 10.1. The molecular formula is C9H8ClNO3. The zero-order valence-corrected chi connectivity index (χ0v) is 8.17. The van der Waals surface area contributed by atoms with E-state index < -0.39 is 5.75 Å². The molecule has 0 aliphatic carbocycles. The third-order valence-electron chi connectivity index (χ3n) is 1.85. The van der Waals surface area contributed by atoms with Crippen LogP contribution in [0.4, 0.5) is 0 Å². The van der Waals surface area contributed by atoms with Crippen molar-refractivity contribution in [2.45, 2.75) is 13.5 Å². The molecule has 0 aliphatic rings. The summed E-state index contributed by atoms with van der Waals surface area (Å²) in [6.45, 7) is 1.74. The van der Waals surface area contributed by atoms with Gasteiger partial charge in [0.15, 0.2) is 11.5 Å². The van der Waals surface area contributed by atoms with Crippen LogP contribution in [-0.2, 0) is 11.3 Å². The van der Waals surface area contributed by atoms with E-state index in [0.29, 0.717) is 11.1 Å². The molecule has 0 radical (unpaired) electrons. The third kappa shape index (κ3) is 1.87. The maximum Gasteiger partial charge on any atom is 0.235 e. The predicted molar refractivity (Wildman–Crippen MR) is 51.3 cm³/mol. The first-order chi connectivity index (χ1) is 6.57. The normalized spacial score (nSPS) is 9.57. The molecule has 1 rings (SSSR count). The fourth-order valence-electron chi connectivity index (χ4n) is 1.09. The van der Waals surface area contributed by atoms with E-state index >= 15 is 0 Å². The van der Waals surface area contributed by atoms with E-state index in [1.165, 1.54) is 12.1 Å². The van der Waals surface area contributed by atoms with Crippen molar-refractivity contribution in [3.63, 3.8) is 0 Å². The number of phenols is 2. The molecular weight excluding hydrogens is 206 g/mol. The van der Waals surface area contributed by atoms with Crippen molar-refractivity contribution in [3.8, 4) is 11.5 Å². The lowest BCUT2D eigenvalue weighted by Crippen LogP contribution is -1.89. The highest BCUT2D eigenvalue weighted by Gasteiger charge is 2.12. The minimum atomic E-state index is -0.395. The fraction of sp³-hybridized carbons (Fsp3) is 0.222.